The van der Waals surface area contributed by atoms with Crippen molar-refractivity contribution in [3.05, 3.63) is 56.5 Å². The number of nitrogens with one attached hydrogen (secondary N) is 2. The Morgan fingerprint density at radius 2 is 1.83 bits per heavy atom. The number of amides is 1. The largest absolute Gasteiger partial charge is 0.468 e. The normalized spacial score (nSPS) is 17.3. The highest BCUT2D eigenvalue weighted by Crippen LogP contribution is 2.49. The Morgan fingerprint density at radius 1 is 1.14 bits per heavy atom. The summed E-state index contributed by atoms with van der Waals surface area (Å²) in [6, 6.07) is 8.54. The minimum Gasteiger partial charge on any atom is -0.468 e. The minimum atomic E-state index is -1.73. The molecule has 3 aromatic rings. The van der Waals surface area contributed by atoms with Gasteiger partial charge in [0.25, 0.3) is 5.91 Å². The Hall–Kier alpha value is -2.59. The van der Waals surface area contributed by atoms with E-state index in [2.05, 4.69) is 10.3 Å². The van der Waals surface area contributed by atoms with Crippen LogP contribution in [0, 0.1) is 5.41 Å². The lowest BCUT2D eigenvalue weighted by atomic mass is 9.68. The van der Waals surface area contributed by atoms with Gasteiger partial charge in [0.15, 0.2) is 5.41 Å². The molecule has 2 aromatic heterocycles. The van der Waals surface area contributed by atoms with Crippen LogP contribution in [0.2, 0.25) is 9.36 Å². The number of benzene rings is 1. The number of thiophene rings is 1. The van der Waals surface area contributed by atoms with Crippen LogP contribution in [0.15, 0.2) is 30.3 Å². The maximum Gasteiger partial charge on any atom is 0.324 e. The molecule has 2 N–H and O–H groups in total. The Bertz CT molecular complexity index is 1270. The summed E-state index contributed by atoms with van der Waals surface area (Å²) in [7, 11) is 3.93. The third kappa shape index (κ3) is 4.31. The van der Waals surface area contributed by atoms with E-state index in [0.29, 0.717) is 21.3 Å². The summed E-state index contributed by atoms with van der Waals surface area (Å²) in [5.41, 5.74) is 0.832. The maximum absolute atomic E-state index is 13.3. The van der Waals surface area contributed by atoms with Crippen LogP contribution in [0.25, 0.3) is 10.2 Å². The molecule has 11 heteroatoms. The van der Waals surface area contributed by atoms with Crippen LogP contribution in [0.3, 0.4) is 0 Å². The van der Waals surface area contributed by atoms with Crippen LogP contribution >= 0.6 is 34.5 Å². The number of hydrogen-bond donors (Lipinski definition) is 2. The summed E-state index contributed by atoms with van der Waals surface area (Å²) in [5.74, 6) is -2.64. The van der Waals surface area contributed by atoms with Crippen molar-refractivity contribution in [3.63, 3.8) is 0 Å². The number of ether oxygens (including phenoxy) is 3. The van der Waals surface area contributed by atoms with Crippen LogP contribution in [-0.4, -0.2) is 56.8 Å². The minimum absolute atomic E-state index is 0.0144. The van der Waals surface area contributed by atoms with E-state index in [1.165, 1.54) is 32.7 Å². The van der Waals surface area contributed by atoms with Crippen molar-refractivity contribution in [1.82, 2.24) is 10.3 Å². The molecule has 0 saturated carbocycles. The average Bonchev–Trinajstić information content (AvgIpc) is 3.52. The molecular weight excluding hydrogens is 515 g/mol. The van der Waals surface area contributed by atoms with Gasteiger partial charge in [-0.15, -0.1) is 11.3 Å². The van der Waals surface area contributed by atoms with Gasteiger partial charge in [-0.1, -0.05) is 47.5 Å². The van der Waals surface area contributed by atoms with E-state index in [4.69, 9.17) is 37.4 Å². The number of rotatable bonds is 8. The van der Waals surface area contributed by atoms with E-state index in [-0.39, 0.29) is 18.7 Å². The molecular formula is C24H24Cl2N2O6S. The third-order valence-electron chi connectivity index (χ3n) is 6.50. The van der Waals surface area contributed by atoms with Gasteiger partial charge in [-0.3, -0.25) is 14.4 Å². The van der Waals surface area contributed by atoms with Gasteiger partial charge < -0.3 is 24.5 Å². The lowest BCUT2D eigenvalue weighted by molar-refractivity contribution is -0.173. The van der Waals surface area contributed by atoms with E-state index in [1.54, 1.807) is 6.07 Å². The third-order valence-corrected chi connectivity index (χ3v) is 8.43. The van der Waals surface area contributed by atoms with Crippen molar-refractivity contribution < 1.29 is 28.6 Å². The van der Waals surface area contributed by atoms with E-state index in [0.717, 1.165) is 15.8 Å². The van der Waals surface area contributed by atoms with Crippen molar-refractivity contribution in [2.24, 2.45) is 5.41 Å². The topological polar surface area (TPSA) is 107 Å². The number of esters is 2. The Balaban J connectivity index is 1.76. The fourth-order valence-corrected chi connectivity index (χ4v) is 6.43. The monoisotopic (exact) mass is 538 g/mol. The second-order valence-corrected chi connectivity index (χ2v) is 10.3. The van der Waals surface area contributed by atoms with Gasteiger partial charge in [0.1, 0.15) is 10.0 Å². The fraction of sp³-hybridized carbons (Fsp3) is 0.375. The van der Waals surface area contributed by atoms with Crippen molar-refractivity contribution in [1.29, 1.82) is 0 Å². The SMILES string of the molecule is COCCC(C(=O)OC)(C(=O)OC)[C@@H]1c2ccccc2C[C@H]1NC(=O)c1cc2sc(Cl)c(Cl)c2[nH]1. The molecule has 8 nitrogen and oxygen atoms in total. The second-order valence-electron chi connectivity index (χ2n) is 8.27. The zero-order valence-corrected chi connectivity index (χ0v) is 21.6. The summed E-state index contributed by atoms with van der Waals surface area (Å²) < 4.78 is 16.6. The summed E-state index contributed by atoms with van der Waals surface area (Å²) in [5, 5.41) is 3.37. The van der Waals surface area contributed by atoms with Gasteiger partial charge in [-0.25, -0.2) is 0 Å². The van der Waals surface area contributed by atoms with E-state index in [9.17, 15) is 14.4 Å². The zero-order chi connectivity index (χ0) is 25.3. The number of carbonyl (C=O) groups excluding carboxylic acids is 3. The zero-order valence-electron chi connectivity index (χ0n) is 19.3. The van der Waals surface area contributed by atoms with Gasteiger partial charge in [-0.2, -0.15) is 0 Å². The van der Waals surface area contributed by atoms with Crippen molar-refractivity contribution in [2.45, 2.75) is 24.8 Å². The van der Waals surface area contributed by atoms with Gasteiger partial charge in [-0.05, 0) is 30.0 Å². The molecule has 0 saturated heterocycles. The molecule has 186 valence electrons. The molecule has 0 aliphatic heterocycles. The number of aromatic amines is 1. The van der Waals surface area contributed by atoms with E-state index in [1.807, 2.05) is 24.3 Å². The molecule has 1 aliphatic rings. The maximum atomic E-state index is 13.3. The smallest absolute Gasteiger partial charge is 0.324 e. The fourth-order valence-electron chi connectivity index (χ4n) is 4.95. The number of aromatic nitrogens is 1. The van der Waals surface area contributed by atoms with E-state index >= 15 is 0 Å². The van der Waals surface area contributed by atoms with Crippen molar-refractivity contribution in [3.8, 4) is 0 Å². The summed E-state index contributed by atoms with van der Waals surface area (Å²) in [4.78, 5) is 42.9. The van der Waals surface area contributed by atoms with Gasteiger partial charge in [0.05, 0.1) is 29.5 Å². The summed E-state index contributed by atoms with van der Waals surface area (Å²) >= 11 is 13.6. The summed E-state index contributed by atoms with van der Waals surface area (Å²) in [6.45, 7) is 0.107. The Labute approximate surface area is 215 Å². The predicted molar refractivity (Wildman–Crippen MR) is 133 cm³/mol. The molecule has 0 radical (unpaired) electrons. The molecule has 1 aromatic carbocycles. The number of fused-ring (bicyclic) bond motifs is 2. The quantitative estimate of drug-likeness (QED) is 0.326. The Kier molecular flexibility index (Phi) is 7.42. The second kappa shape index (κ2) is 10.2. The molecule has 0 spiro atoms. The molecule has 4 rings (SSSR count). The molecule has 2 heterocycles. The van der Waals surface area contributed by atoms with Crippen molar-refractivity contribution >= 4 is 62.6 Å². The molecule has 1 amide bonds. The molecule has 0 unspecified atom stereocenters. The first-order chi connectivity index (χ1) is 16.8. The highest BCUT2D eigenvalue weighted by Gasteiger charge is 2.59. The molecule has 2 atom stereocenters. The molecule has 1 aliphatic carbocycles. The van der Waals surface area contributed by atoms with E-state index < -0.39 is 35.2 Å². The molecule has 0 bridgehead atoms. The summed E-state index contributed by atoms with van der Waals surface area (Å²) in [6.07, 6.45) is 0.428. The highest BCUT2D eigenvalue weighted by atomic mass is 35.5. The molecule has 0 fully saturated rings. The van der Waals surface area contributed by atoms with Gasteiger partial charge >= 0.3 is 11.9 Å². The van der Waals surface area contributed by atoms with Crippen LogP contribution in [0.5, 0.6) is 0 Å². The number of H-pyrrole nitrogens is 1. The van der Waals surface area contributed by atoms with Crippen LogP contribution < -0.4 is 5.32 Å². The first kappa shape index (κ1) is 25.5. The number of halogens is 2. The standard InChI is InChI=1S/C24H24Cl2N2O6S/c1-32-9-8-24(22(30)33-2,23(31)34-3)17-13-7-5-4-6-12(13)10-14(17)28-21(29)15-11-16-19(27-15)18(25)20(26)35-16/h4-7,11,14,17,27H,8-10H2,1-3H3,(H,28,29)/t14-,17-/m1/s1. The van der Waals surface area contributed by atoms with Gasteiger partial charge in [0.2, 0.25) is 0 Å². The van der Waals surface area contributed by atoms with Crippen LogP contribution in [0.4, 0.5) is 0 Å². The number of hydrogen-bond acceptors (Lipinski definition) is 7. The van der Waals surface area contributed by atoms with Crippen LogP contribution in [-0.2, 0) is 30.2 Å². The Morgan fingerprint density at radius 3 is 2.46 bits per heavy atom. The van der Waals surface area contributed by atoms with Crippen LogP contribution in [0.1, 0.15) is 34.0 Å². The molecule has 35 heavy (non-hydrogen) atoms. The highest BCUT2D eigenvalue weighted by molar-refractivity contribution is 7.23. The lowest BCUT2D eigenvalue weighted by Gasteiger charge is -2.37. The average molecular weight is 539 g/mol. The van der Waals surface area contributed by atoms with Crippen molar-refractivity contribution in [2.75, 3.05) is 27.9 Å². The first-order valence-electron chi connectivity index (χ1n) is 10.8. The lowest BCUT2D eigenvalue weighted by Crippen LogP contribution is -2.53. The van der Waals surface area contributed by atoms with Gasteiger partial charge in [0, 0.05) is 25.7 Å². The predicted octanol–water partition coefficient (Wildman–Crippen LogP) is 4.34. The first-order valence-corrected chi connectivity index (χ1v) is 12.4. The number of methoxy groups -OCH3 is 3. The number of carbonyl (C=O) groups is 3.